The van der Waals surface area contributed by atoms with Gasteiger partial charge in [0, 0.05) is 24.7 Å². The van der Waals surface area contributed by atoms with Crippen molar-refractivity contribution in [2.24, 2.45) is 0 Å². The van der Waals surface area contributed by atoms with Gasteiger partial charge in [0.1, 0.15) is 11.6 Å². The van der Waals surface area contributed by atoms with Crippen LogP contribution in [0.1, 0.15) is 33.6 Å². The van der Waals surface area contributed by atoms with Crippen LogP contribution in [0, 0.1) is 5.82 Å². The lowest BCUT2D eigenvalue weighted by atomic mass is 10.0. The first-order valence-corrected chi connectivity index (χ1v) is 8.57. The number of halogens is 1. The van der Waals surface area contributed by atoms with Gasteiger partial charge in [0.25, 0.3) is 11.8 Å². The topological polar surface area (TPSA) is 58.6 Å². The summed E-state index contributed by atoms with van der Waals surface area (Å²) in [4.78, 5) is 26.6. The fourth-order valence-electron chi connectivity index (χ4n) is 3.07. The van der Waals surface area contributed by atoms with Crippen LogP contribution in [-0.2, 0) is 0 Å². The highest BCUT2D eigenvalue weighted by molar-refractivity contribution is 5.95. The van der Waals surface area contributed by atoms with E-state index in [1.54, 1.807) is 48.4 Å². The molecule has 26 heavy (non-hydrogen) atoms. The lowest BCUT2D eigenvalue weighted by molar-refractivity contribution is 0.0697. The molecule has 2 aromatic carbocycles. The Hall–Kier alpha value is -2.89. The van der Waals surface area contributed by atoms with Crippen molar-refractivity contribution in [3.8, 4) is 5.75 Å². The van der Waals surface area contributed by atoms with Gasteiger partial charge in [0.2, 0.25) is 0 Å². The molecule has 1 aliphatic heterocycles. The Kier molecular flexibility index (Phi) is 5.51. The van der Waals surface area contributed by atoms with E-state index in [4.69, 9.17) is 4.74 Å². The highest BCUT2D eigenvalue weighted by Gasteiger charge is 2.25. The Bertz CT molecular complexity index is 801. The minimum absolute atomic E-state index is 0.0439. The largest absolute Gasteiger partial charge is 0.497 e. The predicted molar refractivity (Wildman–Crippen MR) is 95.8 cm³/mol. The number of hydrogen-bond donors (Lipinski definition) is 1. The molecule has 6 heteroatoms. The van der Waals surface area contributed by atoms with Crippen molar-refractivity contribution in [3.63, 3.8) is 0 Å². The van der Waals surface area contributed by atoms with Crippen LogP contribution in [0.4, 0.5) is 4.39 Å². The van der Waals surface area contributed by atoms with Crippen molar-refractivity contribution < 1.29 is 18.7 Å². The number of methoxy groups -OCH3 is 1. The molecule has 2 aromatic rings. The number of ether oxygens (including phenoxy) is 1. The van der Waals surface area contributed by atoms with Gasteiger partial charge in [-0.1, -0.05) is 18.2 Å². The number of amides is 2. The zero-order chi connectivity index (χ0) is 18.5. The van der Waals surface area contributed by atoms with Crippen molar-refractivity contribution in [2.75, 3.05) is 20.2 Å². The Morgan fingerprint density at radius 1 is 1.12 bits per heavy atom. The molecule has 0 atom stereocenters. The van der Waals surface area contributed by atoms with Gasteiger partial charge in [-0.2, -0.15) is 0 Å². The molecular formula is C20H21FN2O3. The molecule has 0 aromatic heterocycles. The van der Waals surface area contributed by atoms with Crippen LogP contribution in [0.2, 0.25) is 0 Å². The van der Waals surface area contributed by atoms with Crippen molar-refractivity contribution in [1.29, 1.82) is 0 Å². The van der Waals surface area contributed by atoms with E-state index in [-0.39, 0.29) is 17.5 Å². The summed E-state index contributed by atoms with van der Waals surface area (Å²) in [5.74, 6) is -0.359. The number of hydrogen-bond acceptors (Lipinski definition) is 3. The molecule has 0 unspecified atom stereocenters. The molecule has 1 saturated heterocycles. The molecular weight excluding hydrogens is 335 g/mol. The number of rotatable bonds is 4. The van der Waals surface area contributed by atoms with E-state index in [1.165, 1.54) is 12.1 Å². The summed E-state index contributed by atoms with van der Waals surface area (Å²) in [7, 11) is 1.56. The molecule has 0 bridgehead atoms. The molecule has 136 valence electrons. The lowest BCUT2D eigenvalue weighted by Gasteiger charge is -2.32. The van der Waals surface area contributed by atoms with E-state index < -0.39 is 11.7 Å². The summed E-state index contributed by atoms with van der Waals surface area (Å²) in [6, 6.07) is 12.9. The first-order chi connectivity index (χ1) is 12.6. The van der Waals surface area contributed by atoms with Gasteiger partial charge in [-0.15, -0.1) is 0 Å². The summed E-state index contributed by atoms with van der Waals surface area (Å²) in [6.45, 7) is 1.08. The minimum atomic E-state index is -0.532. The quantitative estimate of drug-likeness (QED) is 0.916. The van der Waals surface area contributed by atoms with Crippen LogP contribution in [0.3, 0.4) is 0 Å². The molecule has 2 amide bonds. The van der Waals surface area contributed by atoms with Gasteiger partial charge in [-0.3, -0.25) is 9.59 Å². The summed E-state index contributed by atoms with van der Waals surface area (Å²) in [5.41, 5.74) is 0.626. The summed E-state index contributed by atoms with van der Waals surface area (Å²) in [5, 5.41) is 2.86. The maximum Gasteiger partial charge on any atom is 0.254 e. The molecule has 0 aliphatic carbocycles. The maximum atomic E-state index is 13.7. The monoisotopic (exact) mass is 356 g/mol. The van der Waals surface area contributed by atoms with E-state index >= 15 is 0 Å². The SMILES string of the molecule is COc1cccc(C(=O)N2CCC(NC(=O)c3ccccc3F)CC2)c1. The van der Waals surface area contributed by atoms with Crippen LogP contribution in [-0.4, -0.2) is 43.0 Å². The Morgan fingerprint density at radius 2 is 1.85 bits per heavy atom. The van der Waals surface area contributed by atoms with E-state index in [0.717, 1.165) is 0 Å². The number of carbonyl (C=O) groups is 2. The number of carbonyl (C=O) groups excluding carboxylic acids is 2. The number of nitrogens with one attached hydrogen (secondary N) is 1. The van der Waals surface area contributed by atoms with Crippen LogP contribution in [0.5, 0.6) is 5.75 Å². The Morgan fingerprint density at radius 3 is 2.54 bits per heavy atom. The van der Waals surface area contributed by atoms with Crippen molar-refractivity contribution in [2.45, 2.75) is 18.9 Å². The Labute approximate surface area is 151 Å². The molecule has 3 rings (SSSR count). The highest BCUT2D eigenvalue weighted by atomic mass is 19.1. The van der Waals surface area contributed by atoms with Crippen molar-refractivity contribution >= 4 is 11.8 Å². The molecule has 1 aliphatic rings. The van der Waals surface area contributed by atoms with E-state index in [9.17, 15) is 14.0 Å². The fraction of sp³-hybridized carbons (Fsp3) is 0.300. The van der Waals surface area contributed by atoms with Gasteiger partial charge in [0.05, 0.1) is 12.7 Å². The average molecular weight is 356 g/mol. The average Bonchev–Trinajstić information content (AvgIpc) is 2.68. The minimum Gasteiger partial charge on any atom is -0.497 e. The second kappa shape index (κ2) is 7.99. The van der Waals surface area contributed by atoms with Crippen molar-refractivity contribution in [1.82, 2.24) is 10.2 Å². The smallest absolute Gasteiger partial charge is 0.254 e. The number of piperidine rings is 1. The third-order valence-corrected chi connectivity index (χ3v) is 4.55. The Balaban J connectivity index is 1.56. The van der Waals surface area contributed by atoms with Gasteiger partial charge in [-0.05, 0) is 43.2 Å². The molecule has 1 N–H and O–H groups in total. The van der Waals surface area contributed by atoms with Crippen LogP contribution < -0.4 is 10.1 Å². The van der Waals surface area contributed by atoms with E-state index in [1.807, 2.05) is 0 Å². The molecule has 1 fully saturated rings. The van der Waals surface area contributed by atoms with Crippen molar-refractivity contribution in [3.05, 3.63) is 65.5 Å². The molecule has 1 heterocycles. The standard InChI is InChI=1S/C20H21FN2O3/c1-26-16-6-4-5-14(13-16)20(25)23-11-9-15(10-12-23)22-19(24)17-7-2-3-8-18(17)21/h2-8,13,15H,9-12H2,1H3,(H,22,24). The summed E-state index contributed by atoms with van der Waals surface area (Å²) in [6.07, 6.45) is 1.27. The summed E-state index contributed by atoms with van der Waals surface area (Å²) >= 11 is 0. The molecule has 0 radical (unpaired) electrons. The number of nitrogens with zero attached hydrogens (tertiary/aromatic N) is 1. The van der Waals surface area contributed by atoms with Gasteiger partial charge in [0.15, 0.2) is 0 Å². The first kappa shape index (κ1) is 17.9. The summed E-state index contributed by atoms with van der Waals surface area (Å²) < 4.78 is 18.8. The van der Waals surface area contributed by atoms with Crippen LogP contribution in [0.15, 0.2) is 48.5 Å². The first-order valence-electron chi connectivity index (χ1n) is 8.57. The third-order valence-electron chi connectivity index (χ3n) is 4.55. The predicted octanol–water partition coefficient (Wildman–Crippen LogP) is 2.87. The second-order valence-electron chi connectivity index (χ2n) is 6.25. The van der Waals surface area contributed by atoms with E-state index in [2.05, 4.69) is 5.32 Å². The number of likely N-dealkylation sites (tertiary alicyclic amines) is 1. The maximum absolute atomic E-state index is 13.7. The second-order valence-corrected chi connectivity index (χ2v) is 6.25. The zero-order valence-electron chi connectivity index (χ0n) is 14.6. The normalized spacial score (nSPS) is 14.8. The molecule has 5 nitrogen and oxygen atoms in total. The molecule has 0 spiro atoms. The van der Waals surface area contributed by atoms with Gasteiger partial charge < -0.3 is 15.0 Å². The fourth-order valence-corrected chi connectivity index (χ4v) is 3.07. The molecule has 0 saturated carbocycles. The van der Waals surface area contributed by atoms with Gasteiger partial charge >= 0.3 is 0 Å². The van der Waals surface area contributed by atoms with Gasteiger partial charge in [-0.25, -0.2) is 4.39 Å². The van der Waals surface area contributed by atoms with Crippen LogP contribution in [0.25, 0.3) is 0 Å². The highest BCUT2D eigenvalue weighted by Crippen LogP contribution is 2.18. The van der Waals surface area contributed by atoms with Crippen LogP contribution >= 0.6 is 0 Å². The lowest BCUT2D eigenvalue weighted by Crippen LogP contribution is -2.46. The number of benzene rings is 2. The third kappa shape index (κ3) is 4.02. The zero-order valence-corrected chi connectivity index (χ0v) is 14.6. The van der Waals surface area contributed by atoms with E-state index in [0.29, 0.717) is 37.2 Å².